The first kappa shape index (κ1) is 24.6. The van der Waals surface area contributed by atoms with Crippen molar-refractivity contribution in [2.24, 2.45) is 0 Å². The van der Waals surface area contributed by atoms with Gasteiger partial charge in [0, 0.05) is 32.2 Å². The summed E-state index contributed by atoms with van der Waals surface area (Å²) in [5.74, 6) is -3.66. The van der Waals surface area contributed by atoms with Gasteiger partial charge in [0.25, 0.3) is 11.8 Å². The first-order valence-electron chi connectivity index (χ1n) is 8.03. The van der Waals surface area contributed by atoms with Crippen LogP contribution in [0.25, 0.3) is 0 Å². The zero-order valence-corrected chi connectivity index (χ0v) is 16.6. The summed E-state index contributed by atoms with van der Waals surface area (Å²) in [6, 6.07) is 0. The van der Waals surface area contributed by atoms with Crippen LogP contribution in [0.3, 0.4) is 0 Å². The van der Waals surface area contributed by atoms with Crippen molar-refractivity contribution in [1.29, 1.82) is 0 Å². The molecule has 0 N–H and O–H groups in total. The third-order valence-corrected chi connectivity index (χ3v) is 3.11. The fraction of sp³-hybridized carbons (Fsp3) is 0.389. The van der Waals surface area contributed by atoms with Gasteiger partial charge in [-0.1, -0.05) is 13.2 Å². The van der Waals surface area contributed by atoms with E-state index in [1.807, 2.05) is 0 Å². The Kier molecular flexibility index (Phi) is 9.93. The topological polar surface area (TPSA) is 120 Å². The highest BCUT2D eigenvalue weighted by atomic mass is 17.2. The van der Waals surface area contributed by atoms with Gasteiger partial charge >= 0.3 is 17.9 Å². The Labute approximate surface area is 162 Å². The fourth-order valence-corrected chi connectivity index (χ4v) is 1.69. The van der Waals surface area contributed by atoms with Crippen LogP contribution in [-0.2, 0) is 38.5 Å². The minimum absolute atomic E-state index is 0.0446. The van der Waals surface area contributed by atoms with E-state index in [9.17, 15) is 24.0 Å². The molecule has 0 atom stereocenters. The molecule has 0 aliphatic heterocycles. The molecular weight excluding hydrogens is 372 g/mol. The molecule has 10 nitrogen and oxygen atoms in total. The molecule has 0 saturated carbocycles. The Hall–Kier alpha value is -3.43. The summed E-state index contributed by atoms with van der Waals surface area (Å²) in [5, 5.41) is 0. The molecule has 0 radical (unpaired) electrons. The molecule has 0 bridgehead atoms. The van der Waals surface area contributed by atoms with Crippen LogP contribution in [0.5, 0.6) is 0 Å². The van der Waals surface area contributed by atoms with Gasteiger partial charge in [-0.05, 0) is 13.8 Å². The van der Waals surface area contributed by atoms with E-state index in [1.165, 1.54) is 27.9 Å². The van der Waals surface area contributed by atoms with Crippen LogP contribution in [-0.4, -0.2) is 53.6 Å². The van der Waals surface area contributed by atoms with Gasteiger partial charge in [0.15, 0.2) is 5.82 Å². The summed E-state index contributed by atoms with van der Waals surface area (Å²) in [5.41, 5.74) is 0.397. The Morgan fingerprint density at radius 2 is 1.21 bits per heavy atom. The third kappa shape index (κ3) is 8.30. The van der Waals surface area contributed by atoms with E-state index in [2.05, 4.69) is 22.9 Å². The van der Waals surface area contributed by atoms with Crippen molar-refractivity contribution in [3.8, 4) is 0 Å². The number of hydrogen-bond donors (Lipinski definition) is 0. The van der Waals surface area contributed by atoms with Gasteiger partial charge in [0.1, 0.15) is 6.26 Å². The van der Waals surface area contributed by atoms with Crippen molar-refractivity contribution < 1.29 is 38.5 Å². The normalized spacial score (nSPS) is 9.46. The van der Waals surface area contributed by atoms with E-state index < -0.39 is 36.1 Å². The Balaban J connectivity index is 5.19. The molecule has 0 rings (SSSR count). The number of carbonyl (C=O) groups excluding carboxylic acids is 5. The molecule has 0 aromatic heterocycles. The maximum absolute atomic E-state index is 12.1. The van der Waals surface area contributed by atoms with Crippen molar-refractivity contribution in [2.45, 2.75) is 33.6 Å². The minimum atomic E-state index is -0.944. The zero-order chi connectivity index (χ0) is 22.0. The Bertz CT molecular complexity index is 689. The number of amides is 2. The maximum Gasteiger partial charge on any atom is 0.356 e. The first-order chi connectivity index (χ1) is 12.9. The smallest absolute Gasteiger partial charge is 0.356 e. The van der Waals surface area contributed by atoms with Gasteiger partial charge in [0.05, 0.1) is 12.8 Å². The van der Waals surface area contributed by atoms with Crippen LogP contribution in [0.1, 0.15) is 33.6 Å². The number of ether oxygens (including phenoxy) is 1. The zero-order valence-electron chi connectivity index (χ0n) is 16.6. The lowest BCUT2D eigenvalue weighted by Gasteiger charge is -2.27. The van der Waals surface area contributed by atoms with Crippen LogP contribution < -0.4 is 0 Å². The molecule has 0 aromatic rings. The molecule has 28 heavy (non-hydrogen) atoms. The van der Waals surface area contributed by atoms with E-state index in [0.29, 0.717) is 0 Å². The molecule has 0 aliphatic rings. The van der Waals surface area contributed by atoms with E-state index in [0.717, 1.165) is 23.0 Å². The molecule has 0 heterocycles. The Morgan fingerprint density at radius 3 is 1.61 bits per heavy atom. The predicted octanol–water partition coefficient (Wildman–Crippen LogP) is 1.20. The summed E-state index contributed by atoms with van der Waals surface area (Å²) in [4.78, 5) is 68.2. The molecule has 0 fully saturated rings. The van der Waals surface area contributed by atoms with E-state index in [4.69, 9.17) is 4.74 Å². The lowest BCUT2D eigenvalue weighted by molar-refractivity contribution is -0.257. The summed E-state index contributed by atoms with van der Waals surface area (Å²) >= 11 is 0. The van der Waals surface area contributed by atoms with E-state index in [1.54, 1.807) is 0 Å². The highest BCUT2D eigenvalue weighted by Gasteiger charge is 2.23. The van der Waals surface area contributed by atoms with Crippen LogP contribution in [0.4, 0.5) is 0 Å². The van der Waals surface area contributed by atoms with Gasteiger partial charge in [0.2, 0.25) is 0 Å². The molecule has 0 aromatic carbocycles. The predicted molar refractivity (Wildman–Crippen MR) is 96.4 cm³/mol. The van der Waals surface area contributed by atoms with Crippen molar-refractivity contribution >= 4 is 29.7 Å². The summed E-state index contributed by atoms with van der Waals surface area (Å²) < 4.78 is 4.92. The molecule has 0 aliphatic carbocycles. The molecule has 10 heteroatoms. The van der Waals surface area contributed by atoms with Gasteiger partial charge in [-0.25, -0.2) is 19.4 Å². The van der Waals surface area contributed by atoms with Gasteiger partial charge < -0.3 is 4.74 Å². The fourth-order valence-electron chi connectivity index (χ4n) is 1.69. The Morgan fingerprint density at radius 1 is 0.786 bits per heavy atom. The van der Waals surface area contributed by atoms with E-state index in [-0.39, 0.29) is 23.4 Å². The molecule has 154 valence electrons. The summed E-state index contributed by atoms with van der Waals surface area (Å²) in [6.07, 6.45) is 0.109. The second-order valence-corrected chi connectivity index (χ2v) is 5.79. The van der Waals surface area contributed by atoms with Gasteiger partial charge in [-0.15, -0.1) is 0 Å². The lowest BCUT2D eigenvalue weighted by Crippen LogP contribution is -2.38. The average Bonchev–Trinajstić information content (AvgIpc) is 2.62. The SMILES string of the molecule is C=C(C)C(=O)N(C)C(=COC(=O)CCC(=O)OOC(C)=O)N(C)C(=O)C(=C)C. The second kappa shape index (κ2) is 11.3. The number of likely N-dealkylation sites (N-methyl/N-ethyl adjacent to an activating group) is 2. The highest BCUT2D eigenvalue weighted by molar-refractivity contribution is 5.96. The number of hydrogen-bond acceptors (Lipinski definition) is 8. The molecule has 0 unspecified atom stereocenters. The summed E-state index contributed by atoms with van der Waals surface area (Å²) in [6.45, 7) is 11.1. The first-order valence-corrected chi connectivity index (χ1v) is 8.03. The molecule has 2 amide bonds. The van der Waals surface area contributed by atoms with Crippen LogP contribution in [0, 0.1) is 0 Å². The average molecular weight is 396 g/mol. The highest BCUT2D eigenvalue weighted by Crippen LogP contribution is 2.13. The quantitative estimate of drug-likeness (QED) is 0.197. The number of rotatable bonds is 8. The van der Waals surface area contributed by atoms with Gasteiger partial charge in [-0.3, -0.25) is 24.2 Å². The molecule has 0 spiro atoms. The minimum Gasteiger partial charge on any atom is -0.431 e. The largest absolute Gasteiger partial charge is 0.431 e. The van der Waals surface area contributed by atoms with Gasteiger partial charge in [-0.2, -0.15) is 0 Å². The monoisotopic (exact) mass is 396 g/mol. The number of nitrogens with zero attached hydrogens (tertiary/aromatic N) is 2. The van der Waals surface area contributed by atoms with Crippen molar-refractivity contribution in [3.05, 3.63) is 36.4 Å². The van der Waals surface area contributed by atoms with Crippen molar-refractivity contribution in [2.75, 3.05) is 14.1 Å². The molecular formula is C18H24N2O8. The maximum atomic E-state index is 12.1. The molecule has 0 saturated heterocycles. The van der Waals surface area contributed by atoms with Crippen molar-refractivity contribution in [1.82, 2.24) is 9.80 Å². The van der Waals surface area contributed by atoms with E-state index >= 15 is 0 Å². The number of esters is 1. The lowest BCUT2D eigenvalue weighted by atomic mass is 10.3. The third-order valence-electron chi connectivity index (χ3n) is 3.11. The van der Waals surface area contributed by atoms with Crippen molar-refractivity contribution in [3.63, 3.8) is 0 Å². The summed E-state index contributed by atoms with van der Waals surface area (Å²) in [7, 11) is 2.74. The number of carbonyl (C=O) groups is 5. The second-order valence-electron chi connectivity index (χ2n) is 5.79. The van der Waals surface area contributed by atoms with Crippen LogP contribution >= 0.6 is 0 Å². The standard InChI is InChI=1S/C18H24N2O8/c1-11(2)17(24)19(6)14(20(7)18(25)12(3)4)10-26-15(22)8-9-16(23)28-27-13(5)21/h10H,1,3,8-9H2,2,4-7H3. The van der Waals surface area contributed by atoms with Crippen LogP contribution in [0.15, 0.2) is 36.4 Å². The van der Waals surface area contributed by atoms with Crippen LogP contribution in [0.2, 0.25) is 0 Å².